The molecule has 0 spiro atoms. The summed E-state index contributed by atoms with van der Waals surface area (Å²) in [5.41, 5.74) is 0. The summed E-state index contributed by atoms with van der Waals surface area (Å²) in [5, 5.41) is 23.8. The highest BCUT2D eigenvalue weighted by Gasteiger charge is 2.24. The highest BCUT2D eigenvalue weighted by Crippen LogP contribution is 2.18. The van der Waals surface area contributed by atoms with E-state index in [1.165, 1.54) is 148 Å². The summed E-state index contributed by atoms with van der Waals surface area (Å²) < 4.78 is 5.90. The van der Waals surface area contributed by atoms with Gasteiger partial charge in [0.2, 0.25) is 5.91 Å². The Kier molecular flexibility index (Phi) is 48.1. The highest BCUT2D eigenvalue weighted by atomic mass is 16.5. The zero-order chi connectivity index (χ0) is 45.9. The second-order valence-corrected chi connectivity index (χ2v) is 18.1. The quantitative estimate of drug-likeness (QED) is 0.0321. The number of hydrogen-bond acceptors (Lipinski definition) is 5. The van der Waals surface area contributed by atoms with Crippen LogP contribution >= 0.6 is 0 Å². The van der Waals surface area contributed by atoms with Crippen molar-refractivity contribution in [2.75, 3.05) is 6.61 Å². The molecule has 3 atom stereocenters. The van der Waals surface area contributed by atoms with Gasteiger partial charge in [0.15, 0.2) is 0 Å². The summed E-state index contributed by atoms with van der Waals surface area (Å²) in [6, 6.07) is -0.727. The van der Waals surface area contributed by atoms with Crippen molar-refractivity contribution in [2.45, 2.75) is 270 Å². The van der Waals surface area contributed by atoms with Gasteiger partial charge in [-0.2, -0.15) is 0 Å². The molecular weight excluding hydrogens is 779 g/mol. The zero-order valence-corrected chi connectivity index (χ0v) is 41.4. The molecule has 0 saturated carbocycles. The fourth-order valence-corrected chi connectivity index (χ4v) is 7.94. The van der Waals surface area contributed by atoms with E-state index in [4.69, 9.17) is 4.74 Å². The van der Waals surface area contributed by atoms with Crippen molar-refractivity contribution in [3.05, 3.63) is 72.9 Å². The van der Waals surface area contributed by atoms with Gasteiger partial charge in [-0.25, -0.2) is 0 Å². The van der Waals surface area contributed by atoms with Crippen LogP contribution in [0.2, 0.25) is 0 Å². The molecule has 0 heterocycles. The van der Waals surface area contributed by atoms with Gasteiger partial charge in [-0.1, -0.05) is 273 Å². The first-order valence-electron chi connectivity index (χ1n) is 26.7. The number of aliphatic hydroxyl groups is 2. The molecule has 6 heteroatoms. The minimum Gasteiger partial charge on any atom is -0.462 e. The third kappa shape index (κ3) is 45.7. The number of amides is 1. The fraction of sp³-hybridized carbons (Fsp3) is 0.754. The predicted octanol–water partition coefficient (Wildman–Crippen LogP) is 16.2. The molecule has 0 aromatic rings. The van der Waals surface area contributed by atoms with Crippen LogP contribution in [0.4, 0.5) is 0 Å². The van der Waals surface area contributed by atoms with Crippen LogP contribution in [0.25, 0.3) is 0 Å². The number of ether oxygens (including phenoxy) is 1. The van der Waals surface area contributed by atoms with Crippen LogP contribution in [0.5, 0.6) is 0 Å². The van der Waals surface area contributed by atoms with Crippen molar-refractivity contribution in [1.29, 1.82) is 0 Å². The van der Waals surface area contributed by atoms with E-state index in [0.29, 0.717) is 19.3 Å². The first kappa shape index (κ1) is 60.3. The molecule has 1 amide bonds. The maximum atomic E-state index is 13.2. The number of allylic oxidation sites excluding steroid dienone is 12. The van der Waals surface area contributed by atoms with Gasteiger partial charge in [0.25, 0.3) is 0 Å². The van der Waals surface area contributed by atoms with Crippen LogP contribution in [0.1, 0.15) is 252 Å². The lowest BCUT2D eigenvalue weighted by molar-refractivity contribution is -0.151. The van der Waals surface area contributed by atoms with Crippen molar-refractivity contribution >= 4 is 11.9 Å². The summed E-state index contributed by atoms with van der Waals surface area (Å²) in [5.74, 6) is -0.546. The first-order valence-corrected chi connectivity index (χ1v) is 26.7. The number of aliphatic hydroxyl groups excluding tert-OH is 2. The lowest BCUT2D eigenvalue weighted by atomic mass is 10.0. The molecule has 0 aromatic carbocycles. The third-order valence-electron chi connectivity index (χ3n) is 12.0. The molecule has 6 nitrogen and oxygen atoms in total. The molecule has 0 saturated heterocycles. The van der Waals surface area contributed by atoms with Crippen LogP contribution in [-0.4, -0.2) is 46.9 Å². The van der Waals surface area contributed by atoms with Crippen LogP contribution in [0.3, 0.4) is 0 Å². The van der Waals surface area contributed by atoms with E-state index in [2.05, 4.69) is 38.2 Å². The minimum atomic E-state index is -0.809. The normalized spacial score (nSPS) is 13.8. The minimum absolute atomic E-state index is 0.0263. The van der Waals surface area contributed by atoms with Crippen molar-refractivity contribution < 1.29 is 24.5 Å². The molecule has 0 aliphatic heterocycles. The van der Waals surface area contributed by atoms with Crippen molar-refractivity contribution in [2.24, 2.45) is 0 Å². The Labute approximate surface area is 390 Å². The highest BCUT2D eigenvalue weighted by molar-refractivity contribution is 5.77. The fourth-order valence-electron chi connectivity index (χ4n) is 7.94. The molecule has 364 valence electrons. The largest absolute Gasteiger partial charge is 0.462 e. The summed E-state index contributed by atoms with van der Waals surface area (Å²) >= 11 is 0. The van der Waals surface area contributed by atoms with Crippen LogP contribution < -0.4 is 5.32 Å². The van der Waals surface area contributed by atoms with E-state index in [-0.39, 0.29) is 24.9 Å². The topological polar surface area (TPSA) is 95.9 Å². The second kappa shape index (κ2) is 50.3. The number of rotatable bonds is 47. The van der Waals surface area contributed by atoms with Gasteiger partial charge in [-0.3, -0.25) is 9.59 Å². The van der Waals surface area contributed by atoms with E-state index in [0.717, 1.165) is 57.8 Å². The monoisotopic (exact) mass is 880 g/mol. The van der Waals surface area contributed by atoms with Gasteiger partial charge in [0.1, 0.15) is 6.10 Å². The lowest BCUT2D eigenvalue weighted by Gasteiger charge is -2.24. The number of carbonyl (C=O) groups is 2. The molecule has 63 heavy (non-hydrogen) atoms. The Balaban J connectivity index is 4.64. The van der Waals surface area contributed by atoms with Gasteiger partial charge >= 0.3 is 5.97 Å². The van der Waals surface area contributed by atoms with Crippen LogP contribution in [0, 0.1) is 0 Å². The SMILES string of the molecule is CC\C=C/C=C/C=C/C=C\C=C\C=C\CCCC(CC(=O)NC(CO)C(O)CCCCCCCCCCCCCCCCCCC)OC(=O)CCCCCCCCCCCCCC. The van der Waals surface area contributed by atoms with Crippen LogP contribution in [-0.2, 0) is 14.3 Å². The molecule has 0 aromatic heterocycles. The Hall–Kier alpha value is -2.70. The molecule has 0 fully saturated rings. The van der Waals surface area contributed by atoms with Gasteiger partial charge in [-0.05, 0) is 38.5 Å². The summed E-state index contributed by atoms with van der Waals surface area (Å²) in [7, 11) is 0. The van der Waals surface area contributed by atoms with E-state index < -0.39 is 18.2 Å². The maximum absolute atomic E-state index is 13.2. The first-order chi connectivity index (χ1) is 31.0. The van der Waals surface area contributed by atoms with E-state index >= 15 is 0 Å². The van der Waals surface area contributed by atoms with Crippen molar-refractivity contribution in [3.8, 4) is 0 Å². The Morgan fingerprint density at radius 3 is 1.27 bits per heavy atom. The molecule has 0 bridgehead atoms. The lowest BCUT2D eigenvalue weighted by Crippen LogP contribution is -2.46. The van der Waals surface area contributed by atoms with Gasteiger partial charge in [0, 0.05) is 6.42 Å². The number of nitrogens with one attached hydrogen (secondary N) is 1. The van der Waals surface area contributed by atoms with Crippen molar-refractivity contribution in [1.82, 2.24) is 5.32 Å². The Bertz CT molecular complexity index is 1170. The molecule has 3 unspecified atom stereocenters. The second-order valence-electron chi connectivity index (χ2n) is 18.1. The number of unbranched alkanes of at least 4 members (excludes halogenated alkanes) is 28. The van der Waals surface area contributed by atoms with Crippen molar-refractivity contribution in [3.63, 3.8) is 0 Å². The molecule has 0 aliphatic carbocycles. The predicted molar refractivity (Wildman–Crippen MR) is 273 cm³/mol. The number of esters is 1. The van der Waals surface area contributed by atoms with Crippen LogP contribution in [0.15, 0.2) is 72.9 Å². The molecule has 0 aliphatic rings. The van der Waals surface area contributed by atoms with E-state index in [1.54, 1.807) is 0 Å². The summed E-state index contributed by atoms with van der Waals surface area (Å²) in [6.45, 7) is 6.33. The molecular formula is C57H101NO5. The average molecular weight is 880 g/mol. The van der Waals surface area contributed by atoms with E-state index in [1.807, 2.05) is 60.8 Å². The number of hydrogen-bond donors (Lipinski definition) is 3. The van der Waals surface area contributed by atoms with E-state index in [9.17, 15) is 19.8 Å². The zero-order valence-electron chi connectivity index (χ0n) is 41.4. The standard InChI is InChI=1S/C57H101NO5/c1-4-7-10-13-16-19-22-25-27-28-30-32-34-37-40-43-46-49-55(60)54(52-59)58-56(61)51-53(48-45-42-39-36-33-31-29-26-23-20-17-14-11-8-5-2)63-57(62)50-47-44-41-38-35-24-21-18-15-12-9-6-3/h8,11,14,17,20,23,26,29,31,33,36,39,53-55,59-60H,4-7,9-10,12-13,15-16,18-19,21-22,24-25,27-28,30,32,34-35,37-38,40-52H2,1-3H3,(H,58,61)/b11-8-,17-14+,23-20+,29-26-,33-31+,39-36+. The average Bonchev–Trinajstić information content (AvgIpc) is 3.28. The maximum Gasteiger partial charge on any atom is 0.306 e. The van der Waals surface area contributed by atoms with Gasteiger partial charge in [0.05, 0.1) is 25.2 Å². The Morgan fingerprint density at radius 2 is 0.857 bits per heavy atom. The third-order valence-corrected chi connectivity index (χ3v) is 12.0. The van der Waals surface area contributed by atoms with Gasteiger partial charge < -0.3 is 20.3 Å². The summed E-state index contributed by atoms with van der Waals surface area (Å²) in [6.07, 6.45) is 64.0. The molecule has 3 N–H and O–H groups in total. The van der Waals surface area contributed by atoms with Gasteiger partial charge in [-0.15, -0.1) is 0 Å². The summed E-state index contributed by atoms with van der Waals surface area (Å²) in [4.78, 5) is 26.1. The smallest absolute Gasteiger partial charge is 0.306 e. The molecule has 0 rings (SSSR count). The molecule has 0 radical (unpaired) electrons. The Morgan fingerprint density at radius 1 is 0.476 bits per heavy atom. The number of carbonyl (C=O) groups excluding carboxylic acids is 2.